The largest absolute Gasteiger partial charge is 0.417 e. The van der Waals surface area contributed by atoms with Crippen LogP contribution in [0.5, 0.6) is 0 Å². The molecule has 0 bridgehead atoms. The van der Waals surface area contributed by atoms with E-state index in [0.717, 1.165) is 0 Å². The van der Waals surface area contributed by atoms with Gasteiger partial charge in [-0.1, -0.05) is 54.6 Å². The van der Waals surface area contributed by atoms with Crippen LogP contribution < -0.4 is 0 Å². The van der Waals surface area contributed by atoms with Gasteiger partial charge in [-0.05, 0) is 227 Å². The summed E-state index contributed by atoms with van der Waals surface area (Å²) in [4.78, 5) is 0. The lowest BCUT2D eigenvalue weighted by atomic mass is 9.74. The molecule has 0 N–H and O–H groups in total. The normalized spacial score (nSPS) is 12.0. The first-order valence-corrected chi connectivity index (χ1v) is 26.7. The molecule has 9 nitrogen and oxygen atoms in total. The molecular formula is C73H31F6N9. The highest BCUT2D eigenvalue weighted by molar-refractivity contribution is 5.93. The third kappa shape index (κ3) is 9.61. The van der Waals surface area contributed by atoms with Crippen molar-refractivity contribution in [2.24, 2.45) is 0 Å². The zero-order chi connectivity index (χ0) is 61.9. The second kappa shape index (κ2) is 21.4. The average molecular weight is 1150 g/mol. The Bertz CT molecular complexity index is 4480. The summed E-state index contributed by atoms with van der Waals surface area (Å²) in [6, 6.07) is 61.4. The molecule has 0 saturated heterocycles. The van der Waals surface area contributed by atoms with Gasteiger partial charge in [0.05, 0.1) is 116 Å². The molecule has 0 spiro atoms. The van der Waals surface area contributed by atoms with Crippen molar-refractivity contribution in [3.63, 3.8) is 0 Å². The summed E-state index contributed by atoms with van der Waals surface area (Å²) in [6.45, 7) is 0. The summed E-state index contributed by atoms with van der Waals surface area (Å²) in [5.41, 5.74) is 1.97. The number of hydrogen-bond acceptors (Lipinski definition) is 9. The van der Waals surface area contributed by atoms with Gasteiger partial charge in [-0.3, -0.25) is 0 Å². The average Bonchev–Trinajstić information content (AvgIpc) is 1.62. The lowest BCUT2D eigenvalue weighted by molar-refractivity contribution is -0.142. The fourth-order valence-electron chi connectivity index (χ4n) is 12.4. The van der Waals surface area contributed by atoms with Crippen molar-refractivity contribution in [2.75, 3.05) is 0 Å². The van der Waals surface area contributed by atoms with Gasteiger partial charge in [0.1, 0.15) is 0 Å². The maximum atomic E-state index is 16.3. The van der Waals surface area contributed by atoms with Crippen LogP contribution in [-0.2, 0) is 12.4 Å². The maximum Gasteiger partial charge on any atom is 0.417 e. The van der Waals surface area contributed by atoms with E-state index in [4.69, 9.17) is 0 Å². The number of halogens is 6. The highest BCUT2D eigenvalue weighted by atomic mass is 19.4. The monoisotopic (exact) mass is 1150 g/mol. The van der Waals surface area contributed by atoms with Gasteiger partial charge >= 0.3 is 12.4 Å². The Morgan fingerprint density at radius 1 is 0.239 bits per heavy atom. The molecule has 10 aromatic carbocycles. The fourth-order valence-corrected chi connectivity index (χ4v) is 12.4. The molecule has 88 heavy (non-hydrogen) atoms. The minimum atomic E-state index is -5.46. The Labute approximate surface area is 498 Å². The van der Waals surface area contributed by atoms with Gasteiger partial charge in [0.15, 0.2) is 0 Å². The van der Waals surface area contributed by atoms with Crippen LogP contribution in [0.25, 0.3) is 77.9 Å². The molecule has 410 valence electrons. The molecule has 0 unspecified atom stereocenters. The zero-order valence-electron chi connectivity index (χ0n) is 45.2. The van der Waals surface area contributed by atoms with Crippen LogP contribution in [0.1, 0.15) is 106 Å². The minimum Gasteiger partial charge on any atom is -0.192 e. The third-order valence-electron chi connectivity index (χ3n) is 16.0. The van der Waals surface area contributed by atoms with E-state index in [1.807, 2.05) is 0 Å². The molecule has 0 aromatic heterocycles. The molecule has 0 atom stereocenters. The van der Waals surface area contributed by atoms with Crippen LogP contribution >= 0.6 is 0 Å². The summed E-state index contributed by atoms with van der Waals surface area (Å²) in [6.07, 6.45) is -10.9. The van der Waals surface area contributed by atoms with Gasteiger partial charge < -0.3 is 0 Å². The molecule has 0 radical (unpaired) electrons. The second-order valence-electron chi connectivity index (χ2n) is 21.0. The summed E-state index contributed by atoms with van der Waals surface area (Å²) in [5, 5.41) is 91.9. The Balaban J connectivity index is 1.25. The summed E-state index contributed by atoms with van der Waals surface area (Å²) in [7, 11) is 0. The highest BCUT2D eigenvalue weighted by Crippen LogP contribution is 2.59. The molecule has 0 amide bonds. The van der Waals surface area contributed by atoms with Crippen LogP contribution in [0.15, 0.2) is 176 Å². The van der Waals surface area contributed by atoms with Gasteiger partial charge in [0.25, 0.3) is 0 Å². The van der Waals surface area contributed by atoms with Gasteiger partial charge in [0, 0.05) is 17.4 Å². The van der Waals surface area contributed by atoms with Gasteiger partial charge in [-0.15, -0.1) is 0 Å². The van der Waals surface area contributed by atoms with Crippen molar-refractivity contribution in [3.05, 3.63) is 271 Å². The fraction of sp³-hybridized carbons (Fsp3) is 0.0548. The molecule has 12 rings (SSSR count). The first kappa shape index (κ1) is 55.7. The van der Waals surface area contributed by atoms with E-state index in [1.54, 1.807) is 72.8 Å². The van der Waals surface area contributed by atoms with Crippen molar-refractivity contribution >= 4 is 0 Å². The Kier molecular flexibility index (Phi) is 13.6. The number of fused-ring (bicyclic) bond motifs is 6. The Morgan fingerprint density at radius 2 is 0.466 bits per heavy atom. The molecular weight excluding hydrogens is 1120 g/mol. The standard InChI is InChI=1S/C73H31F6N9/c74-72(75,76)66-2-1-3-67(73(77,78)79)71(66)70-64(68-60-26-48(52-16-39(30-80)12-40(17-52)31-81)4-8-56(60)57-9-5-49(27-61(57)68)53-18-41(32-82)13-42(19-53)33-83)24-47(38-88)25-65(70)69-62-28-50(54-20-43(34-84)14-44(21-54)35-85)6-10-58(62)59-11-7-51(29-63(59)69)55-22-45(36-86)15-46(23-55)37-87/h1-29,68-69H. The van der Waals surface area contributed by atoms with Gasteiger partial charge in [-0.2, -0.15) is 73.7 Å². The highest BCUT2D eigenvalue weighted by Gasteiger charge is 2.45. The maximum absolute atomic E-state index is 16.3. The van der Waals surface area contributed by atoms with E-state index in [9.17, 15) is 47.4 Å². The van der Waals surface area contributed by atoms with Gasteiger partial charge in [0.2, 0.25) is 0 Å². The molecule has 0 heterocycles. The van der Waals surface area contributed by atoms with Crippen molar-refractivity contribution in [2.45, 2.75) is 24.2 Å². The van der Waals surface area contributed by atoms with Crippen molar-refractivity contribution in [3.8, 4) is 133 Å². The van der Waals surface area contributed by atoms with E-state index < -0.39 is 46.4 Å². The van der Waals surface area contributed by atoms with Gasteiger partial charge in [-0.25, -0.2) is 0 Å². The smallest absolute Gasteiger partial charge is 0.192 e. The predicted octanol–water partition coefficient (Wildman–Crippen LogP) is 17.2. The van der Waals surface area contributed by atoms with E-state index in [-0.39, 0.29) is 61.2 Å². The number of benzene rings is 10. The van der Waals surface area contributed by atoms with Crippen LogP contribution in [0.4, 0.5) is 26.3 Å². The van der Waals surface area contributed by atoms with E-state index >= 15 is 26.3 Å². The van der Waals surface area contributed by atoms with E-state index in [2.05, 4.69) is 54.6 Å². The quantitative estimate of drug-likeness (QED) is 0.139. The topological polar surface area (TPSA) is 214 Å². The van der Waals surface area contributed by atoms with Crippen LogP contribution in [-0.4, -0.2) is 0 Å². The minimum absolute atomic E-state index is 0.127. The zero-order valence-corrected chi connectivity index (χ0v) is 45.2. The molecule has 10 aromatic rings. The summed E-state index contributed by atoms with van der Waals surface area (Å²) in [5.74, 6) is -2.68. The van der Waals surface area contributed by atoms with E-state index in [1.165, 1.54) is 84.9 Å². The first-order chi connectivity index (χ1) is 42.4. The molecule has 0 saturated carbocycles. The number of nitrogens with zero attached hydrogens (tertiary/aromatic N) is 9. The van der Waals surface area contributed by atoms with Crippen molar-refractivity contribution in [1.82, 2.24) is 0 Å². The van der Waals surface area contributed by atoms with Crippen molar-refractivity contribution < 1.29 is 26.3 Å². The lowest BCUT2D eigenvalue weighted by Gasteiger charge is -2.29. The number of hydrogen-bond donors (Lipinski definition) is 0. The molecule has 0 fully saturated rings. The number of rotatable bonds is 7. The SMILES string of the molecule is N#Cc1cc(C#N)cc(-c2ccc3c(c2)C(c2cc(C#N)cc(C4c5cc(-c6cc(C#N)cc(C#N)c6)ccc5-c5ccc(-c6cc(C#N)cc(C#N)c6)cc54)c2-c2c(C(F)(F)F)cccc2C(F)(F)F)c2cc(-c4cc(C#N)cc(C#N)c4)ccc2-3)c1. The lowest BCUT2D eigenvalue weighted by Crippen LogP contribution is -2.17. The molecule has 2 aliphatic carbocycles. The number of alkyl halides is 6. The first-order valence-electron chi connectivity index (χ1n) is 26.7. The Morgan fingerprint density at radius 3 is 0.682 bits per heavy atom. The third-order valence-corrected chi connectivity index (χ3v) is 16.0. The molecule has 15 heteroatoms. The Hall–Kier alpha value is -12.8. The van der Waals surface area contributed by atoms with Crippen LogP contribution in [0.2, 0.25) is 0 Å². The predicted molar refractivity (Wildman–Crippen MR) is 312 cm³/mol. The van der Waals surface area contributed by atoms with Crippen molar-refractivity contribution in [1.29, 1.82) is 47.4 Å². The van der Waals surface area contributed by atoms with E-state index in [0.29, 0.717) is 107 Å². The molecule has 2 aliphatic rings. The number of nitriles is 9. The van der Waals surface area contributed by atoms with Crippen LogP contribution in [0, 0.1) is 102 Å². The van der Waals surface area contributed by atoms with Crippen LogP contribution in [0.3, 0.4) is 0 Å². The summed E-state index contributed by atoms with van der Waals surface area (Å²) >= 11 is 0. The summed E-state index contributed by atoms with van der Waals surface area (Å²) < 4.78 is 97.7. The second-order valence-corrected chi connectivity index (χ2v) is 21.0. The molecule has 0 aliphatic heterocycles.